The molecule has 4 rings (SSSR count). The summed E-state index contributed by atoms with van der Waals surface area (Å²) in [5.74, 6) is -0.811. The highest BCUT2D eigenvalue weighted by Gasteiger charge is 2.41. The molecular formula is C21H24N2O5. The van der Waals surface area contributed by atoms with Crippen molar-refractivity contribution in [3.63, 3.8) is 0 Å². The second-order valence-electron chi connectivity index (χ2n) is 7.70. The number of fused-ring (bicyclic) bond motifs is 1. The van der Waals surface area contributed by atoms with E-state index >= 15 is 0 Å². The number of para-hydroxylation sites is 1. The highest BCUT2D eigenvalue weighted by atomic mass is 16.4. The highest BCUT2D eigenvalue weighted by Crippen LogP contribution is 2.34. The highest BCUT2D eigenvalue weighted by molar-refractivity contribution is 5.95. The van der Waals surface area contributed by atoms with Gasteiger partial charge in [0, 0.05) is 37.7 Å². The first-order chi connectivity index (χ1) is 13.4. The summed E-state index contributed by atoms with van der Waals surface area (Å²) in [5.41, 5.74) is 1.20. The molecule has 1 atom stereocenters. The Hall–Kier alpha value is -2.80. The van der Waals surface area contributed by atoms with Gasteiger partial charge in [-0.25, -0.2) is 4.79 Å². The first-order valence-electron chi connectivity index (χ1n) is 9.55. The molecule has 148 valence electrons. The summed E-state index contributed by atoms with van der Waals surface area (Å²) < 4.78 is 5.65. The minimum atomic E-state index is -1.75. The minimum Gasteiger partial charge on any atom is -0.479 e. The summed E-state index contributed by atoms with van der Waals surface area (Å²) in [7, 11) is 0. The molecule has 7 nitrogen and oxygen atoms in total. The lowest BCUT2D eigenvalue weighted by atomic mass is 9.91. The van der Waals surface area contributed by atoms with Crippen LogP contribution in [0.1, 0.15) is 41.4 Å². The fourth-order valence-corrected chi connectivity index (χ4v) is 4.14. The maximum absolute atomic E-state index is 13.0. The van der Waals surface area contributed by atoms with Gasteiger partial charge in [-0.05, 0) is 31.0 Å². The van der Waals surface area contributed by atoms with Crippen molar-refractivity contribution >= 4 is 17.6 Å². The van der Waals surface area contributed by atoms with Crippen LogP contribution in [0.3, 0.4) is 0 Å². The van der Waals surface area contributed by atoms with E-state index in [4.69, 9.17) is 9.52 Å². The maximum atomic E-state index is 13.0. The number of piperidine rings is 1. The van der Waals surface area contributed by atoms with Crippen molar-refractivity contribution in [2.45, 2.75) is 44.4 Å². The van der Waals surface area contributed by atoms with Crippen molar-refractivity contribution in [1.82, 2.24) is 4.90 Å². The lowest BCUT2D eigenvalue weighted by Gasteiger charge is -2.35. The van der Waals surface area contributed by atoms with Gasteiger partial charge < -0.3 is 24.4 Å². The second kappa shape index (κ2) is 6.98. The number of carbonyl (C=O) groups excluding carboxylic acids is 1. The van der Waals surface area contributed by atoms with E-state index in [1.54, 1.807) is 11.0 Å². The van der Waals surface area contributed by atoms with Gasteiger partial charge in [0.1, 0.15) is 5.76 Å². The zero-order valence-electron chi connectivity index (χ0n) is 15.8. The molecule has 1 aromatic heterocycles. The number of rotatable bonds is 4. The van der Waals surface area contributed by atoms with Crippen LogP contribution in [0, 0.1) is 0 Å². The number of aliphatic carboxylic acids is 1. The molecule has 1 unspecified atom stereocenters. The molecule has 3 heterocycles. The number of furan rings is 1. The Kier molecular flexibility index (Phi) is 4.63. The van der Waals surface area contributed by atoms with Gasteiger partial charge in [0.25, 0.3) is 5.91 Å². The Morgan fingerprint density at radius 3 is 2.64 bits per heavy atom. The number of hydrogen-bond acceptors (Lipinski definition) is 5. The van der Waals surface area contributed by atoms with E-state index in [1.807, 2.05) is 12.1 Å². The largest absolute Gasteiger partial charge is 0.479 e. The molecule has 1 aromatic carbocycles. The van der Waals surface area contributed by atoms with E-state index in [0.717, 1.165) is 12.1 Å². The van der Waals surface area contributed by atoms with Gasteiger partial charge in [0.15, 0.2) is 5.60 Å². The average molecular weight is 384 g/mol. The van der Waals surface area contributed by atoms with Gasteiger partial charge in [-0.2, -0.15) is 0 Å². The Bertz CT molecular complexity index is 898. The summed E-state index contributed by atoms with van der Waals surface area (Å²) in [6.45, 7) is 3.06. The molecule has 0 aliphatic carbocycles. The van der Waals surface area contributed by atoms with Crippen LogP contribution in [0.25, 0.3) is 0 Å². The number of aliphatic hydroxyl groups is 1. The van der Waals surface area contributed by atoms with Gasteiger partial charge in [0.2, 0.25) is 0 Å². The molecule has 2 aliphatic rings. The molecule has 2 aliphatic heterocycles. The molecule has 0 saturated carbocycles. The van der Waals surface area contributed by atoms with E-state index in [0.29, 0.717) is 23.9 Å². The molecule has 0 radical (unpaired) electrons. The third-order valence-electron chi connectivity index (χ3n) is 5.91. The quantitative estimate of drug-likeness (QED) is 0.840. The van der Waals surface area contributed by atoms with E-state index in [1.165, 1.54) is 11.8 Å². The van der Waals surface area contributed by atoms with Gasteiger partial charge in [-0.3, -0.25) is 4.79 Å². The predicted octanol–water partition coefficient (Wildman–Crippen LogP) is 2.28. The number of carbonyl (C=O) groups is 2. The van der Waals surface area contributed by atoms with Crippen molar-refractivity contribution in [2.24, 2.45) is 0 Å². The Balaban J connectivity index is 1.49. The average Bonchev–Trinajstić information content (AvgIpc) is 3.27. The monoisotopic (exact) mass is 384 g/mol. The molecule has 2 aromatic rings. The number of benzene rings is 1. The smallest absolute Gasteiger partial charge is 0.335 e. The van der Waals surface area contributed by atoms with E-state index in [2.05, 4.69) is 24.0 Å². The Morgan fingerprint density at radius 2 is 1.93 bits per heavy atom. The topological polar surface area (TPSA) is 94.2 Å². The van der Waals surface area contributed by atoms with Gasteiger partial charge in [0.05, 0.1) is 18.4 Å². The number of carboxylic acids is 1. The number of amides is 1. The number of carboxylic acid groups (broad SMARTS) is 1. The van der Waals surface area contributed by atoms with Crippen LogP contribution in [0.15, 0.2) is 41.0 Å². The van der Waals surface area contributed by atoms with Crippen LogP contribution in [0.4, 0.5) is 5.69 Å². The predicted molar refractivity (Wildman–Crippen MR) is 102 cm³/mol. The summed E-state index contributed by atoms with van der Waals surface area (Å²) in [6, 6.07) is 10.2. The molecule has 0 spiro atoms. The van der Waals surface area contributed by atoms with Crippen LogP contribution < -0.4 is 4.90 Å². The standard InChI is InChI=1S/C21H24N2O5/c1-14-12-15-4-2-3-5-17(15)23(14)13-18-16(6-11-28-18)19(24)22-9-7-21(27,8-10-22)20(25)26/h2-6,11,14,27H,7-10,12-13H2,1H3,(H,25,26). The van der Waals surface area contributed by atoms with Crippen molar-refractivity contribution in [1.29, 1.82) is 0 Å². The molecule has 7 heteroatoms. The van der Waals surface area contributed by atoms with Gasteiger partial charge in [-0.15, -0.1) is 0 Å². The van der Waals surface area contributed by atoms with Gasteiger partial charge in [-0.1, -0.05) is 18.2 Å². The van der Waals surface area contributed by atoms with Crippen molar-refractivity contribution in [2.75, 3.05) is 18.0 Å². The lowest BCUT2D eigenvalue weighted by molar-refractivity contribution is -0.162. The SMILES string of the molecule is CC1Cc2ccccc2N1Cc1occc1C(=O)N1CCC(O)(C(=O)O)CC1. The molecule has 28 heavy (non-hydrogen) atoms. The van der Waals surface area contributed by atoms with Crippen LogP contribution >= 0.6 is 0 Å². The summed E-state index contributed by atoms with van der Waals surface area (Å²) >= 11 is 0. The summed E-state index contributed by atoms with van der Waals surface area (Å²) in [5, 5.41) is 19.2. The molecular weight excluding hydrogens is 360 g/mol. The number of nitrogens with zero attached hydrogens (tertiary/aromatic N) is 2. The van der Waals surface area contributed by atoms with Gasteiger partial charge >= 0.3 is 5.97 Å². The van der Waals surface area contributed by atoms with Crippen LogP contribution in [0.2, 0.25) is 0 Å². The fourth-order valence-electron chi connectivity index (χ4n) is 4.14. The maximum Gasteiger partial charge on any atom is 0.335 e. The molecule has 1 fully saturated rings. The fraction of sp³-hybridized carbons (Fsp3) is 0.429. The van der Waals surface area contributed by atoms with Crippen molar-refractivity contribution in [3.8, 4) is 0 Å². The third kappa shape index (κ3) is 3.16. The molecule has 1 saturated heterocycles. The van der Waals surface area contributed by atoms with E-state index in [9.17, 15) is 14.7 Å². The normalized spacial score (nSPS) is 20.9. The molecule has 1 amide bonds. The van der Waals surface area contributed by atoms with E-state index in [-0.39, 0.29) is 31.8 Å². The molecule has 0 bridgehead atoms. The van der Waals surface area contributed by atoms with Crippen LogP contribution in [-0.2, 0) is 17.8 Å². The molecule has 2 N–H and O–H groups in total. The first-order valence-corrected chi connectivity index (χ1v) is 9.55. The minimum absolute atomic E-state index is 0.0256. The van der Waals surface area contributed by atoms with Crippen molar-refractivity contribution in [3.05, 3.63) is 53.5 Å². The first kappa shape index (κ1) is 18.6. The number of anilines is 1. The van der Waals surface area contributed by atoms with E-state index < -0.39 is 11.6 Å². The zero-order chi connectivity index (χ0) is 19.9. The van der Waals surface area contributed by atoms with Crippen LogP contribution in [0.5, 0.6) is 0 Å². The second-order valence-corrected chi connectivity index (χ2v) is 7.70. The zero-order valence-corrected chi connectivity index (χ0v) is 15.8. The summed E-state index contributed by atoms with van der Waals surface area (Å²) in [4.78, 5) is 28.0. The lowest BCUT2D eigenvalue weighted by Crippen LogP contribution is -2.50. The number of likely N-dealkylation sites (tertiary alicyclic amines) is 1. The summed E-state index contributed by atoms with van der Waals surface area (Å²) in [6.07, 6.45) is 2.53. The Morgan fingerprint density at radius 1 is 1.21 bits per heavy atom. The van der Waals surface area contributed by atoms with Crippen LogP contribution in [-0.4, -0.2) is 51.7 Å². The Labute approximate surface area is 163 Å². The third-order valence-corrected chi connectivity index (χ3v) is 5.91. The number of hydrogen-bond donors (Lipinski definition) is 2. The van der Waals surface area contributed by atoms with Crippen molar-refractivity contribution < 1.29 is 24.2 Å².